The molecule has 0 radical (unpaired) electrons. The van der Waals surface area contributed by atoms with Crippen LogP contribution in [0, 0.1) is 12.7 Å². The first kappa shape index (κ1) is 20.1. The number of hydrogen-bond donors (Lipinski definition) is 2. The summed E-state index contributed by atoms with van der Waals surface area (Å²) in [5, 5.41) is 6.81. The SMILES string of the molecule is Cc1cnn(-c2ccc(NC(=O)CCCCCCN)cc2F)c1.Cl. The molecule has 3 N–H and O–H groups in total. The molecule has 0 aliphatic heterocycles. The number of nitrogens with one attached hydrogen (secondary N) is 1. The first-order chi connectivity index (χ1) is 11.1. The quantitative estimate of drug-likeness (QED) is 0.711. The number of carbonyl (C=O) groups excluding carboxylic acids is 1. The van der Waals surface area contributed by atoms with Crippen LogP contribution in [-0.2, 0) is 4.79 Å². The number of unbranched alkanes of at least 4 members (excludes halogenated alkanes) is 3. The van der Waals surface area contributed by atoms with Gasteiger partial charge in [0.25, 0.3) is 0 Å². The highest BCUT2D eigenvalue weighted by Gasteiger charge is 2.09. The Morgan fingerprint density at radius 2 is 2.04 bits per heavy atom. The number of carbonyl (C=O) groups is 1. The van der Waals surface area contributed by atoms with Crippen molar-refractivity contribution >= 4 is 24.0 Å². The van der Waals surface area contributed by atoms with E-state index in [0.717, 1.165) is 31.2 Å². The lowest BCUT2D eigenvalue weighted by Gasteiger charge is -2.08. The molecule has 2 rings (SSSR count). The predicted molar refractivity (Wildman–Crippen MR) is 96.3 cm³/mol. The number of rotatable bonds is 8. The van der Waals surface area contributed by atoms with Gasteiger partial charge in [0.1, 0.15) is 5.69 Å². The molecule has 1 aromatic heterocycles. The molecule has 0 bridgehead atoms. The fraction of sp³-hybridized carbons (Fsp3) is 0.412. The van der Waals surface area contributed by atoms with Gasteiger partial charge in [-0.05, 0) is 50.1 Å². The van der Waals surface area contributed by atoms with E-state index >= 15 is 0 Å². The molecule has 132 valence electrons. The predicted octanol–water partition coefficient (Wildman–Crippen LogP) is 3.59. The Hall–Kier alpha value is -1.92. The number of aromatic nitrogens is 2. The Labute approximate surface area is 147 Å². The number of hydrogen-bond acceptors (Lipinski definition) is 3. The lowest BCUT2D eigenvalue weighted by atomic mass is 10.1. The maximum absolute atomic E-state index is 14.2. The zero-order chi connectivity index (χ0) is 16.7. The largest absolute Gasteiger partial charge is 0.330 e. The molecule has 7 heteroatoms. The summed E-state index contributed by atoms with van der Waals surface area (Å²) in [6.07, 6.45) is 7.68. The van der Waals surface area contributed by atoms with E-state index in [9.17, 15) is 9.18 Å². The Morgan fingerprint density at radius 1 is 1.29 bits per heavy atom. The van der Waals surface area contributed by atoms with Crippen LogP contribution >= 0.6 is 12.4 Å². The minimum absolute atomic E-state index is 0. The zero-order valence-corrected chi connectivity index (χ0v) is 14.6. The molecule has 0 aliphatic carbocycles. The summed E-state index contributed by atoms with van der Waals surface area (Å²) in [7, 11) is 0. The average molecular weight is 355 g/mol. The Morgan fingerprint density at radius 3 is 2.67 bits per heavy atom. The van der Waals surface area contributed by atoms with E-state index in [4.69, 9.17) is 5.73 Å². The highest BCUT2D eigenvalue weighted by molar-refractivity contribution is 5.90. The first-order valence-electron chi connectivity index (χ1n) is 7.91. The van der Waals surface area contributed by atoms with E-state index in [0.29, 0.717) is 24.3 Å². The topological polar surface area (TPSA) is 72.9 Å². The molecule has 1 amide bonds. The van der Waals surface area contributed by atoms with E-state index < -0.39 is 5.82 Å². The van der Waals surface area contributed by atoms with Gasteiger partial charge in [-0.1, -0.05) is 12.8 Å². The van der Waals surface area contributed by atoms with Crippen LogP contribution in [0.25, 0.3) is 5.69 Å². The molecule has 1 heterocycles. The molecule has 0 saturated heterocycles. The summed E-state index contributed by atoms with van der Waals surface area (Å²) < 4.78 is 15.6. The van der Waals surface area contributed by atoms with Crippen molar-refractivity contribution in [2.75, 3.05) is 11.9 Å². The molecule has 0 spiro atoms. The Kier molecular flexibility index (Phi) is 8.43. The van der Waals surface area contributed by atoms with Crippen molar-refractivity contribution in [1.82, 2.24) is 9.78 Å². The van der Waals surface area contributed by atoms with Crippen LogP contribution in [0.3, 0.4) is 0 Å². The van der Waals surface area contributed by atoms with Gasteiger partial charge in [0, 0.05) is 18.3 Å². The molecule has 24 heavy (non-hydrogen) atoms. The minimum atomic E-state index is -0.422. The summed E-state index contributed by atoms with van der Waals surface area (Å²) in [6, 6.07) is 4.61. The third-order valence-corrected chi connectivity index (χ3v) is 3.55. The molecular weight excluding hydrogens is 331 g/mol. The van der Waals surface area contributed by atoms with Crippen molar-refractivity contribution in [1.29, 1.82) is 0 Å². The van der Waals surface area contributed by atoms with Crippen molar-refractivity contribution in [3.05, 3.63) is 42.0 Å². The molecule has 1 aromatic carbocycles. The maximum atomic E-state index is 14.2. The number of aryl methyl sites for hydroxylation is 1. The van der Waals surface area contributed by atoms with Gasteiger partial charge in [0.05, 0.1) is 6.20 Å². The Balaban J connectivity index is 0.00000288. The monoisotopic (exact) mass is 354 g/mol. The lowest BCUT2D eigenvalue weighted by molar-refractivity contribution is -0.116. The fourth-order valence-electron chi connectivity index (χ4n) is 2.32. The van der Waals surface area contributed by atoms with Gasteiger partial charge in [0.2, 0.25) is 5.91 Å². The van der Waals surface area contributed by atoms with Crippen molar-refractivity contribution in [2.45, 2.75) is 39.0 Å². The smallest absolute Gasteiger partial charge is 0.224 e. The number of nitrogens with zero attached hydrogens (tertiary/aromatic N) is 2. The van der Waals surface area contributed by atoms with E-state index in [1.54, 1.807) is 24.5 Å². The minimum Gasteiger partial charge on any atom is -0.330 e. The molecule has 0 saturated carbocycles. The summed E-state index contributed by atoms with van der Waals surface area (Å²) in [4.78, 5) is 11.8. The van der Waals surface area contributed by atoms with Crippen LogP contribution < -0.4 is 11.1 Å². The third-order valence-electron chi connectivity index (χ3n) is 3.55. The number of anilines is 1. The van der Waals surface area contributed by atoms with Crippen LogP contribution in [0.5, 0.6) is 0 Å². The van der Waals surface area contributed by atoms with Gasteiger partial charge < -0.3 is 11.1 Å². The van der Waals surface area contributed by atoms with Crippen molar-refractivity contribution in [2.24, 2.45) is 5.73 Å². The maximum Gasteiger partial charge on any atom is 0.224 e. The third kappa shape index (κ3) is 5.94. The van der Waals surface area contributed by atoms with Crippen LogP contribution in [0.15, 0.2) is 30.6 Å². The van der Waals surface area contributed by atoms with Gasteiger partial charge in [-0.25, -0.2) is 9.07 Å². The van der Waals surface area contributed by atoms with Crippen molar-refractivity contribution < 1.29 is 9.18 Å². The number of nitrogens with two attached hydrogens (primary N) is 1. The van der Waals surface area contributed by atoms with Crippen LogP contribution in [0.4, 0.5) is 10.1 Å². The highest BCUT2D eigenvalue weighted by atomic mass is 35.5. The first-order valence-corrected chi connectivity index (χ1v) is 7.91. The van der Waals surface area contributed by atoms with E-state index in [2.05, 4.69) is 10.4 Å². The van der Waals surface area contributed by atoms with Crippen LogP contribution in [0.2, 0.25) is 0 Å². The van der Waals surface area contributed by atoms with E-state index in [-0.39, 0.29) is 18.3 Å². The van der Waals surface area contributed by atoms with E-state index in [1.807, 2.05) is 6.92 Å². The zero-order valence-electron chi connectivity index (χ0n) is 13.8. The molecule has 5 nitrogen and oxygen atoms in total. The fourth-order valence-corrected chi connectivity index (χ4v) is 2.32. The van der Waals surface area contributed by atoms with Gasteiger partial charge in [0.15, 0.2) is 5.82 Å². The van der Waals surface area contributed by atoms with Gasteiger partial charge >= 0.3 is 0 Å². The normalized spacial score (nSPS) is 10.3. The summed E-state index contributed by atoms with van der Waals surface area (Å²) >= 11 is 0. The standard InChI is InChI=1S/C17H23FN4O.ClH/c1-13-11-20-22(12-13)16-8-7-14(10-15(16)18)21-17(23)6-4-2-3-5-9-19;/h7-8,10-12H,2-6,9,19H2,1H3,(H,21,23);1H. The van der Waals surface area contributed by atoms with Crippen molar-refractivity contribution in [3.8, 4) is 5.69 Å². The second kappa shape index (κ2) is 10.1. The average Bonchev–Trinajstić information content (AvgIpc) is 2.93. The molecule has 2 aromatic rings. The lowest BCUT2D eigenvalue weighted by Crippen LogP contribution is -2.11. The number of halogens is 2. The second-order valence-electron chi connectivity index (χ2n) is 5.63. The second-order valence-corrected chi connectivity index (χ2v) is 5.63. The van der Waals surface area contributed by atoms with Gasteiger partial charge in [-0.15, -0.1) is 12.4 Å². The van der Waals surface area contributed by atoms with Crippen LogP contribution in [0.1, 0.15) is 37.7 Å². The summed E-state index contributed by atoms with van der Waals surface area (Å²) in [6.45, 7) is 2.58. The number of amides is 1. The summed E-state index contributed by atoms with van der Waals surface area (Å²) in [5.74, 6) is -0.520. The number of benzene rings is 1. The Bertz CT molecular complexity index is 660. The van der Waals surface area contributed by atoms with Gasteiger partial charge in [-0.2, -0.15) is 5.10 Å². The van der Waals surface area contributed by atoms with Crippen molar-refractivity contribution in [3.63, 3.8) is 0 Å². The van der Waals surface area contributed by atoms with Gasteiger partial charge in [-0.3, -0.25) is 4.79 Å². The molecule has 0 aliphatic rings. The molecular formula is C17H24ClFN4O. The molecule has 0 fully saturated rings. The van der Waals surface area contributed by atoms with E-state index in [1.165, 1.54) is 10.7 Å². The molecule has 0 unspecified atom stereocenters. The van der Waals surface area contributed by atoms with Crippen LogP contribution in [-0.4, -0.2) is 22.2 Å². The summed E-state index contributed by atoms with van der Waals surface area (Å²) in [5.41, 5.74) is 7.20. The molecule has 0 atom stereocenters. The highest BCUT2D eigenvalue weighted by Crippen LogP contribution is 2.18.